The van der Waals surface area contributed by atoms with E-state index in [9.17, 15) is 9.90 Å². The number of hydrogen-bond acceptors (Lipinski definition) is 6. The third-order valence-corrected chi connectivity index (χ3v) is 5.07. The number of anilines is 1. The van der Waals surface area contributed by atoms with E-state index in [1.54, 1.807) is 17.0 Å². The first-order valence-electron chi connectivity index (χ1n) is 10.2. The zero-order valence-corrected chi connectivity index (χ0v) is 18.0. The molecule has 7 nitrogen and oxygen atoms in total. The smallest absolute Gasteiger partial charge is 0.262 e. The summed E-state index contributed by atoms with van der Waals surface area (Å²) in [5, 5.41) is 13.9. The second-order valence-corrected chi connectivity index (χ2v) is 7.46. The van der Waals surface area contributed by atoms with Crippen molar-refractivity contribution in [1.82, 2.24) is 4.90 Å². The number of aliphatic imine (C=N–C) groups is 1. The number of benzene rings is 2. The number of fused-ring (bicyclic) bond motifs is 1. The van der Waals surface area contributed by atoms with Gasteiger partial charge in [0, 0.05) is 31.2 Å². The molecule has 0 bridgehead atoms. The summed E-state index contributed by atoms with van der Waals surface area (Å²) in [4.78, 5) is 26.8. The summed E-state index contributed by atoms with van der Waals surface area (Å²) >= 11 is 0. The van der Waals surface area contributed by atoms with Gasteiger partial charge in [-0.25, -0.2) is 0 Å². The standard InChI is InChI=1S/C24H28N4O3/c1-5-12-26-23(31-25-4)16-27-15-19-8-6-7-9-21(19)28(14-18(27)3)24(30)20-11-10-17(2)13-22(20)29/h6-11,13,29H,3-5,12,14-16H2,1-2H3. The molecule has 1 heterocycles. The van der Waals surface area contributed by atoms with Crippen LogP contribution in [0.4, 0.5) is 5.69 Å². The molecular weight excluding hydrogens is 392 g/mol. The van der Waals surface area contributed by atoms with E-state index < -0.39 is 0 Å². The maximum absolute atomic E-state index is 13.4. The molecule has 0 radical (unpaired) electrons. The Hall–Kier alpha value is -3.61. The number of carbonyl (C=O) groups excluding carboxylic acids is 1. The number of oxime groups is 1. The van der Waals surface area contributed by atoms with Crippen LogP contribution in [0.25, 0.3) is 0 Å². The number of aromatic hydroxyl groups is 1. The Bertz CT molecular complexity index is 1020. The molecule has 1 amide bonds. The van der Waals surface area contributed by atoms with Crippen LogP contribution in [0.1, 0.15) is 34.8 Å². The van der Waals surface area contributed by atoms with E-state index in [-0.39, 0.29) is 23.8 Å². The van der Waals surface area contributed by atoms with Gasteiger partial charge in [-0.2, -0.15) is 0 Å². The van der Waals surface area contributed by atoms with E-state index in [0.29, 0.717) is 25.5 Å². The number of amides is 1. The fourth-order valence-corrected chi connectivity index (χ4v) is 3.49. The van der Waals surface area contributed by atoms with Crippen molar-refractivity contribution < 1.29 is 14.7 Å². The Balaban J connectivity index is 1.94. The predicted octanol–water partition coefficient (Wildman–Crippen LogP) is 4.12. The molecule has 0 unspecified atom stereocenters. The molecule has 0 spiro atoms. The van der Waals surface area contributed by atoms with Gasteiger partial charge in [-0.05, 0) is 42.7 Å². The molecule has 0 saturated carbocycles. The van der Waals surface area contributed by atoms with Gasteiger partial charge in [0.2, 0.25) is 5.90 Å². The summed E-state index contributed by atoms with van der Waals surface area (Å²) in [6.45, 7) is 13.3. The molecule has 162 valence electrons. The summed E-state index contributed by atoms with van der Waals surface area (Å²) in [5.41, 5.74) is 3.61. The van der Waals surface area contributed by atoms with Crippen LogP contribution in [0.15, 0.2) is 64.9 Å². The molecule has 2 aromatic carbocycles. The van der Waals surface area contributed by atoms with Crippen LogP contribution in [-0.2, 0) is 11.4 Å². The highest BCUT2D eigenvalue weighted by molar-refractivity contribution is 6.08. The zero-order valence-electron chi connectivity index (χ0n) is 18.0. The average Bonchev–Trinajstić information content (AvgIpc) is 2.88. The van der Waals surface area contributed by atoms with Gasteiger partial charge in [-0.3, -0.25) is 9.79 Å². The number of phenols is 1. The summed E-state index contributed by atoms with van der Waals surface area (Å²) in [6.07, 6.45) is 0.885. The molecule has 31 heavy (non-hydrogen) atoms. The van der Waals surface area contributed by atoms with Crippen LogP contribution < -0.4 is 4.90 Å². The molecule has 7 heteroatoms. The van der Waals surface area contributed by atoms with Gasteiger partial charge in [0.25, 0.3) is 5.91 Å². The van der Waals surface area contributed by atoms with Gasteiger partial charge in [0.15, 0.2) is 0 Å². The van der Waals surface area contributed by atoms with Gasteiger partial charge in [0.05, 0.1) is 18.7 Å². The summed E-state index contributed by atoms with van der Waals surface area (Å²) in [6, 6.07) is 12.8. The van der Waals surface area contributed by atoms with Gasteiger partial charge in [-0.1, -0.05) is 42.9 Å². The van der Waals surface area contributed by atoms with E-state index in [1.165, 1.54) is 0 Å². The van der Waals surface area contributed by atoms with Crippen LogP contribution in [-0.4, -0.2) is 48.2 Å². The topological polar surface area (TPSA) is 77.7 Å². The molecule has 2 aromatic rings. The number of rotatable bonds is 6. The Morgan fingerprint density at radius 2 is 2.00 bits per heavy atom. The van der Waals surface area contributed by atoms with Crippen molar-refractivity contribution in [2.45, 2.75) is 26.8 Å². The fourth-order valence-electron chi connectivity index (χ4n) is 3.49. The van der Waals surface area contributed by atoms with Crippen molar-refractivity contribution >= 4 is 24.2 Å². The predicted molar refractivity (Wildman–Crippen MR) is 124 cm³/mol. The van der Waals surface area contributed by atoms with E-state index in [0.717, 1.165) is 28.9 Å². The van der Waals surface area contributed by atoms with Gasteiger partial charge < -0.3 is 19.7 Å². The number of aryl methyl sites for hydroxylation is 1. The molecule has 1 aliphatic rings. The molecule has 0 fully saturated rings. The average molecular weight is 421 g/mol. The van der Waals surface area contributed by atoms with Gasteiger partial charge >= 0.3 is 0 Å². The summed E-state index contributed by atoms with van der Waals surface area (Å²) in [5.74, 6) is 0.136. The number of nitrogens with zero attached hydrogens (tertiary/aromatic N) is 4. The van der Waals surface area contributed by atoms with Crippen LogP contribution in [0.2, 0.25) is 0 Å². The van der Waals surface area contributed by atoms with Crippen molar-refractivity contribution in [3.63, 3.8) is 0 Å². The maximum atomic E-state index is 13.4. The van der Waals surface area contributed by atoms with Gasteiger partial charge in [0.1, 0.15) is 5.75 Å². The molecule has 0 saturated heterocycles. The minimum atomic E-state index is -0.281. The highest BCUT2D eigenvalue weighted by Gasteiger charge is 2.28. The van der Waals surface area contributed by atoms with Crippen molar-refractivity contribution in [3.05, 3.63) is 71.4 Å². The van der Waals surface area contributed by atoms with E-state index in [2.05, 4.69) is 23.4 Å². The number of phenolic OH excluding ortho intramolecular Hbond substituents is 1. The number of hydrogen-bond donors (Lipinski definition) is 1. The van der Waals surface area contributed by atoms with Crippen LogP contribution in [0, 0.1) is 6.92 Å². The molecule has 0 aromatic heterocycles. The molecule has 1 aliphatic heterocycles. The lowest BCUT2D eigenvalue weighted by atomic mass is 10.1. The van der Waals surface area contributed by atoms with Crippen LogP contribution in [0.5, 0.6) is 5.75 Å². The Kier molecular flexibility index (Phi) is 7.07. The van der Waals surface area contributed by atoms with Crippen molar-refractivity contribution in [1.29, 1.82) is 0 Å². The first-order valence-corrected chi connectivity index (χ1v) is 10.2. The number of para-hydroxylation sites is 1. The first kappa shape index (κ1) is 22.1. The van der Waals surface area contributed by atoms with Gasteiger partial charge in [-0.15, -0.1) is 0 Å². The lowest BCUT2D eigenvalue weighted by Crippen LogP contribution is -2.36. The summed E-state index contributed by atoms with van der Waals surface area (Å²) in [7, 11) is 0. The first-order chi connectivity index (χ1) is 14.9. The van der Waals surface area contributed by atoms with E-state index >= 15 is 0 Å². The third kappa shape index (κ3) is 5.12. The van der Waals surface area contributed by atoms with Crippen molar-refractivity contribution in [2.75, 3.05) is 24.5 Å². The molecule has 0 aliphatic carbocycles. The lowest BCUT2D eigenvalue weighted by Gasteiger charge is -2.26. The third-order valence-electron chi connectivity index (χ3n) is 5.07. The molecule has 1 N–H and O–H groups in total. The lowest BCUT2D eigenvalue weighted by molar-refractivity contribution is 0.0985. The SMILES string of the molecule is C=NOC(CN1Cc2ccccc2N(C(=O)c2ccc(C)cc2O)CC1=C)=NCCC. The largest absolute Gasteiger partial charge is 0.507 e. The Morgan fingerprint density at radius 1 is 1.23 bits per heavy atom. The second-order valence-electron chi connectivity index (χ2n) is 7.46. The monoisotopic (exact) mass is 420 g/mol. The van der Waals surface area contributed by atoms with E-state index in [1.807, 2.05) is 49.1 Å². The maximum Gasteiger partial charge on any atom is 0.262 e. The molecule has 0 atom stereocenters. The van der Waals surface area contributed by atoms with Crippen molar-refractivity contribution in [3.8, 4) is 5.75 Å². The Labute approximate surface area is 183 Å². The quantitative estimate of drug-likeness (QED) is 0.433. The second kappa shape index (κ2) is 9.93. The highest BCUT2D eigenvalue weighted by atomic mass is 16.6. The highest BCUT2D eigenvalue weighted by Crippen LogP contribution is 2.31. The molecule has 3 rings (SSSR count). The van der Waals surface area contributed by atoms with Crippen molar-refractivity contribution in [2.24, 2.45) is 10.1 Å². The summed E-state index contributed by atoms with van der Waals surface area (Å²) < 4.78 is 0. The minimum Gasteiger partial charge on any atom is -0.507 e. The minimum absolute atomic E-state index is 0.0337. The van der Waals surface area contributed by atoms with Crippen LogP contribution in [0.3, 0.4) is 0 Å². The normalized spacial score (nSPS) is 14.1. The fraction of sp³-hybridized carbons (Fsp3) is 0.292. The Morgan fingerprint density at radius 3 is 2.71 bits per heavy atom. The van der Waals surface area contributed by atoms with Crippen LogP contribution >= 0.6 is 0 Å². The number of carbonyl (C=O) groups is 1. The molecular formula is C24H28N4O3. The van der Waals surface area contributed by atoms with E-state index in [4.69, 9.17) is 4.84 Å². The zero-order chi connectivity index (χ0) is 22.4.